The molecule has 1 aliphatic rings. The summed E-state index contributed by atoms with van der Waals surface area (Å²) in [6.45, 7) is 5.64. The highest BCUT2D eigenvalue weighted by Crippen LogP contribution is 2.35. The first-order chi connectivity index (χ1) is 11.1. The Morgan fingerprint density at radius 2 is 2.00 bits per heavy atom. The van der Waals surface area contributed by atoms with Crippen LogP contribution < -0.4 is 20.5 Å². The van der Waals surface area contributed by atoms with Crippen LogP contribution in [0.25, 0.3) is 0 Å². The van der Waals surface area contributed by atoms with Crippen LogP contribution in [0.15, 0.2) is 23.2 Å². The first-order valence-corrected chi connectivity index (χ1v) is 8.14. The molecule has 0 atom stereocenters. The fourth-order valence-corrected chi connectivity index (χ4v) is 2.55. The molecule has 1 aromatic carbocycles. The van der Waals surface area contributed by atoms with Crippen LogP contribution >= 0.6 is 0 Å². The Bertz CT molecular complexity index is 536. The first kappa shape index (κ1) is 17.4. The number of rotatable bonds is 8. The van der Waals surface area contributed by atoms with Crippen LogP contribution in [-0.2, 0) is 4.74 Å². The van der Waals surface area contributed by atoms with Crippen molar-refractivity contribution in [3.05, 3.63) is 18.2 Å². The van der Waals surface area contributed by atoms with Crippen molar-refractivity contribution in [2.75, 3.05) is 32.2 Å². The van der Waals surface area contributed by atoms with E-state index in [1.807, 2.05) is 32.0 Å². The largest absolute Gasteiger partial charge is 0.494 e. The third kappa shape index (κ3) is 4.51. The molecule has 0 bridgehead atoms. The number of nitrogens with two attached hydrogens (primary N) is 1. The molecule has 1 aromatic rings. The number of guanidine groups is 1. The van der Waals surface area contributed by atoms with Crippen molar-refractivity contribution >= 4 is 11.6 Å². The van der Waals surface area contributed by atoms with Crippen molar-refractivity contribution in [2.24, 2.45) is 10.7 Å². The predicted octanol–water partition coefficient (Wildman–Crippen LogP) is 2.78. The molecule has 0 amide bonds. The molecule has 0 aliphatic heterocycles. The normalized spacial score (nSPS) is 16.6. The van der Waals surface area contributed by atoms with E-state index in [0.29, 0.717) is 25.7 Å². The predicted molar refractivity (Wildman–Crippen MR) is 92.5 cm³/mol. The maximum Gasteiger partial charge on any atom is 0.193 e. The van der Waals surface area contributed by atoms with Gasteiger partial charge in [-0.3, -0.25) is 4.99 Å². The summed E-state index contributed by atoms with van der Waals surface area (Å²) < 4.78 is 16.7. The third-order valence-corrected chi connectivity index (χ3v) is 4.06. The van der Waals surface area contributed by atoms with Crippen molar-refractivity contribution in [2.45, 2.75) is 38.7 Å². The van der Waals surface area contributed by atoms with Crippen LogP contribution in [-0.4, -0.2) is 38.4 Å². The zero-order valence-corrected chi connectivity index (χ0v) is 14.2. The van der Waals surface area contributed by atoms with Crippen LogP contribution in [0.3, 0.4) is 0 Å². The maximum atomic E-state index is 6.02. The first-order valence-electron chi connectivity index (χ1n) is 8.14. The summed E-state index contributed by atoms with van der Waals surface area (Å²) in [6, 6.07) is 5.61. The van der Waals surface area contributed by atoms with E-state index in [2.05, 4.69) is 10.3 Å². The van der Waals surface area contributed by atoms with E-state index in [1.54, 1.807) is 7.11 Å². The van der Waals surface area contributed by atoms with Gasteiger partial charge in [0, 0.05) is 13.2 Å². The van der Waals surface area contributed by atoms with E-state index in [0.717, 1.165) is 30.0 Å². The van der Waals surface area contributed by atoms with Crippen LogP contribution in [0.5, 0.6) is 11.5 Å². The lowest BCUT2D eigenvalue weighted by molar-refractivity contribution is -0.0629. The zero-order chi connectivity index (χ0) is 16.7. The molecule has 1 saturated carbocycles. The van der Waals surface area contributed by atoms with Gasteiger partial charge in [-0.05, 0) is 45.2 Å². The average molecular weight is 321 g/mol. The van der Waals surface area contributed by atoms with Gasteiger partial charge in [0.2, 0.25) is 0 Å². The standard InChI is InChI=1S/C17H27N3O3/c1-4-22-13-7-8-15(23-5-2)14(11-13)20-16(18)19-12-17(21-3)9-6-10-17/h7-8,11H,4-6,9-10,12H2,1-3H3,(H3,18,19,20). The van der Waals surface area contributed by atoms with Gasteiger partial charge in [0.1, 0.15) is 11.5 Å². The van der Waals surface area contributed by atoms with E-state index in [1.165, 1.54) is 6.42 Å². The number of nitrogens with zero attached hydrogens (tertiary/aromatic N) is 1. The second-order valence-electron chi connectivity index (χ2n) is 5.59. The van der Waals surface area contributed by atoms with Crippen molar-refractivity contribution < 1.29 is 14.2 Å². The average Bonchev–Trinajstić information content (AvgIpc) is 2.50. The molecule has 128 valence electrons. The minimum absolute atomic E-state index is 0.137. The van der Waals surface area contributed by atoms with E-state index in [4.69, 9.17) is 19.9 Å². The van der Waals surface area contributed by atoms with Crippen LogP contribution in [0.2, 0.25) is 0 Å². The van der Waals surface area contributed by atoms with Crippen LogP contribution in [0.1, 0.15) is 33.1 Å². The van der Waals surface area contributed by atoms with E-state index in [9.17, 15) is 0 Å². The van der Waals surface area contributed by atoms with Crippen molar-refractivity contribution in [3.63, 3.8) is 0 Å². The van der Waals surface area contributed by atoms with Gasteiger partial charge in [-0.25, -0.2) is 0 Å². The maximum absolute atomic E-state index is 6.02. The lowest BCUT2D eigenvalue weighted by Crippen LogP contribution is -2.43. The summed E-state index contributed by atoms with van der Waals surface area (Å²) >= 11 is 0. The minimum Gasteiger partial charge on any atom is -0.494 e. The highest BCUT2D eigenvalue weighted by molar-refractivity contribution is 5.94. The summed E-state index contributed by atoms with van der Waals surface area (Å²) in [5.41, 5.74) is 6.63. The molecule has 6 nitrogen and oxygen atoms in total. The Morgan fingerprint density at radius 1 is 1.26 bits per heavy atom. The quantitative estimate of drug-likeness (QED) is 0.568. The second-order valence-corrected chi connectivity index (χ2v) is 5.59. The van der Waals surface area contributed by atoms with Gasteiger partial charge in [-0.1, -0.05) is 0 Å². The van der Waals surface area contributed by atoms with E-state index >= 15 is 0 Å². The Kier molecular flexibility index (Phi) is 6.10. The number of nitrogens with one attached hydrogen (secondary N) is 1. The van der Waals surface area contributed by atoms with Gasteiger partial charge in [0.25, 0.3) is 0 Å². The number of aliphatic imine (C=N–C) groups is 1. The molecule has 6 heteroatoms. The lowest BCUT2D eigenvalue weighted by atomic mass is 9.80. The van der Waals surface area contributed by atoms with Gasteiger partial charge in [0.15, 0.2) is 5.96 Å². The summed E-state index contributed by atoms with van der Waals surface area (Å²) in [5, 5.41) is 3.11. The number of hydrogen-bond acceptors (Lipinski definition) is 4. The SMILES string of the molecule is CCOc1ccc(OCC)c(NC(N)=NCC2(OC)CCC2)c1. The molecular formula is C17H27N3O3. The highest BCUT2D eigenvalue weighted by Gasteiger charge is 2.36. The monoisotopic (exact) mass is 321 g/mol. The summed E-state index contributed by atoms with van der Waals surface area (Å²) in [7, 11) is 1.73. The molecule has 0 unspecified atom stereocenters. The molecule has 3 N–H and O–H groups in total. The lowest BCUT2D eigenvalue weighted by Gasteiger charge is -2.39. The highest BCUT2D eigenvalue weighted by atomic mass is 16.5. The van der Waals surface area contributed by atoms with Gasteiger partial charge < -0.3 is 25.3 Å². The van der Waals surface area contributed by atoms with Crippen molar-refractivity contribution in [3.8, 4) is 11.5 Å². The van der Waals surface area contributed by atoms with Gasteiger partial charge in [0.05, 0.1) is 31.0 Å². The zero-order valence-electron chi connectivity index (χ0n) is 14.2. The van der Waals surface area contributed by atoms with Crippen molar-refractivity contribution in [1.82, 2.24) is 0 Å². The molecule has 1 fully saturated rings. The fourth-order valence-electron chi connectivity index (χ4n) is 2.55. The minimum atomic E-state index is -0.137. The Morgan fingerprint density at radius 3 is 2.57 bits per heavy atom. The Labute approximate surface area is 138 Å². The summed E-state index contributed by atoms with van der Waals surface area (Å²) in [5.74, 6) is 1.83. The number of hydrogen-bond donors (Lipinski definition) is 2. The van der Waals surface area contributed by atoms with E-state index in [-0.39, 0.29) is 5.60 Å². The van der Waals surface area contributed by atoms with E-state index < -0.39 is 0 Å². The molecule has 2 rings (SSSR count). The molecule has 0 heterocycles. The van der Waals surface area contributed by atoms with Crippen LogP contribution in [0.4, 0.5) is 5.69 Å². The summed E-state index contributed by atoms with van der Waals surface area (Å²) in [6.07, 6.45) is 3.25. The number of anilines is 1. The smallest absolute Gasteiger partial charge is 0.193 e. The topological polar surface area (TPSA) is 78.1 Å². The number of methoxy groups -OCH3 is 1. The van der Waals surface area contributed by atoms with Crippen LogP contribution in [0, 0.1) is 0 Å². The molecule has 0 saturated heterocycles. The third-order valence-electron chi connectivity index (χ3n) is 4.06. The van der Waals surface area contributed by atoms with Crippen molar-refractivity contribution in [1.29, 1.82) is 0 Å². The Balaban J connectivity index is 2.08. The fraction of sp³-hybridized carbons (Fsp3) is 0.588. The van der Waals surface area contributed by atoms with Gasteiger partial charge in [-0.15, -0.1) is 0 Å². The second kappa shape index (κ2) is 8.06. The van der Waals surface area contributed by atoms with Gasteiger partial charge >= 0.3 is 0 Å². The molecular weight excluding hydrogens is 294 g/mol. The molecule has 23 heavy (non-hydrogen) atoms. The number of ether oxygens (including phenoxy) is 3. The molecule has 0 radical (unpaired) electrons. The molecule has 1 aliphatic carbocycles. The molecule has 0 spiro atoms. The van der Waals surface area contributed by atoms with Gasteiger partial charge in [-0.2, -0.15) is 0 Å². The Hall–Kier alpha value is -1.95. The summed E-state index contributed by atoms with van der Waals surface area (Å²) in [4.78, 5) is 4.42. The molecule has 0 aromatic heterocycles. The number of benzene rings is 1.